The molecule has 0 radical (unpaired) electrons. The molecular formula is C57H39N7. The van der Waals surface area contributed by atoms with Gasteiger partial charge in [0, 0.05) is 49.6 Å². The topological polar surface area (TPSA) is 82.3 Å². The summed E-state index contributed by atoms with van der Waals surface area (Å²) < 4.78 is 2.32. The van der Waals surface area contributed by atoms with Crippen LogP contribution in [0.1, 0.15) is 25.0 Å². The van der Waals surface area contributed by atoms with Crippen LogP contribution in [0.2, 0.25) is 0 Å². The van der Waals surface area contributed by atoms with E-state index < -0.39 is 0 Å². The number of fused-ring (bicyclic) bond motifs is 6. The maximum Gasteiger partial charge on any atom is 0.166 e. The summed E-state index contributed by atoms with van der Waals surface area (Å²) in [6, 6.07) is 69.1. The van der Waals surface area contributed by atoms with Crippen molar-refractivity contribution < 1.29 is 0 Å². The van der Waals surface area contributed by atoms with Crippen LogP contribution in [0.4, 0.5) is 0 Å². The van der Waals surface area contributed by atoms with Crippen molar-refractivity contribution in [3.05, 3.63) is 211 Å². The maximum absolute atomic E-state index is 5.42. The molecule has 1 aliphatic rings. The van der Waals surface area contributed by atoms with E-state index in [-0.39, 0.29) is 5.41 Å². The van der Waals surface area contributed by atoms with Gasteiger partial charge < -0.3 is 4.57 Å². The lowest BCUT2D eigenvalue weighted by molar-refractivity contribution is 0.660. The van der Waals surface area contributed by atoms with E-state index in [1.807, 2.05) is 78.9 Å². The van der Waals surface area contributed by atoms with Crippen LogP contribution >= 0.6 is 0 Å². The lowest BCUT2D eigenvalue weighted by Crippen LogP contribution is -2.14. The predicted molar refractivity (Wildman–Crippen MR) is 258 cm³/mol. The molecule has 12 rings (SSSR count). The zero-order valence-electron chi connectivity index (χ0n) is 35.2. The number of benzene rings is 8. The summed E-state index contributed by atoms with van der Waals surface area (Å²) in [5.41, 5.74) is 13.2. The van der Waals surface area contributed by atoms with Gasteiger partial charge in [-0.3, -0.25) is 0 Å². The van der Waals surface area contributed by atoms with Gasteiger partial charge in [-0.25, -0.2) is 29.9 Å². The highest BCUT2D eigenvalue weighted by molar-refractivity contribution is 6.09. The number of para-hydroxylation sites is 2. The average Bonchev–Trinajstić information content (AvgIpc) is 3.82. The Balaban J connectivity index is 1.13. The van der Waals surface area contributed by atoms with Crippen LogP contribution in [0.3, 0.4) is 0 Å². The van der Waals surface area contributed by atoms with Crippen molar-refractivity contribution in [2.24, 2.45) is 0 Å². The predicted octanol–water partition coefficient (Wildman–Crippen LogP) is 13.5. The Hall–Kier alpha value is -8.42. The first-order valence-electron chi connectivity index (χ1n) is 21.5. The van der Waals surface area contributed by atoms with Gasteiger partial charge in [-0.15, -0.1) is 0 Å². The van der Waals surface area contributed by atoms with E-state index in [2.05, 4.69) is 140 Å². The van der Waals surface area contributed by atoms with Crippen LogP contribution in [-0.2, 0) is 5.41 Å². The lowest BCUT2D eigenvalue weighted by atomic mass is 9.82. The minimum Gasteiger partial charge on any atom is -0.309 e. The highest BCUT2D eigenvalue weighted by Crippen LogP contribution is 2.49. The van der Waals surface area contributed by atoms with Crippen molar-refractivity contribution >= 4 is 21.8 Å². The number of aromatic nitrogens is 7. The van der Waals surface area contributed by atoms with Crippen LogP contribution in [0.15, 0.2) is 200 Å². The van der Waals surface area contributed by atoms with Crippen molar-refractivity contribution in [3.63, 3.8) is 0 Å². The summed E-state index contributed by atoms with van der Waals surface area (Å²) in [5, 5.41) is 2.32. The largest absolute Gasteiger partial charge is 0.309 e. The Kier molecular flexibility index (Phi) is 8.69. The van der Waals surface area contributed by atoms with Gasteiger partial charge in [-0.2, -0.15) is 0 Å². The molecule has 0 atom stereocenters. The van der Waals surface area contributed by atoms with E-state index in [4.69, 9.17) is 29.9 Å². The molecule has 0 unspecified atom stereocenters. The molecule has 1 aliphatic carbocycles. The van der Waals surface area contributed by atoms with Crippen molar-refractivity contribution in [1.29, 1.82) is 0 Å². The molecule has 0 spiro atoms. The van der Waals surface area contributed by atoms with Gasteiger partial charge in [0.25, 0.3) is 0 Å². The van der Waals surface area contributed by atoms with Crippen molar-refractivity contribution in [2.45, 2.75) is 19.3 Å². The SMILES string of the molecule is CC1(C)c2ccccc2-c2cc(-c3nc(-c4ccccc4)nc(-c4cc(-c5nc(-c6ccccc6)nc(-c6ccccc6)n5)ccc4-n4c5ccccc5c5ccccc54)n3)ccc21. The third kappa shape index (κ3) is 6.20. The van der Waals surface area contributed by atoms with E-state index in [1.165, 1.54) is 22.3 Å². The van der Waals surface area contributed by atoms with Crippen LogP contribution in [0.5, 0.6) is 0 Å². The normalized spacial score (nSPS) is 12.7. The molecule has 8 aromatic carbocycles. The molecule has 0 fully saturated rings. The van der Waals surface area contributed by atoms with Crippen molar-refractivity contribution in [2.75, 3.05) is 0 Å². The first kappa shape index (κ1) is 37.4. The number of hydrogen-bond donors (Lipinski definition) is 0. The van der Waals surface area contributed by atoms with Crippen molar-refractivity contribution in [1.82, 2.24) is 34.5 Å². The summed E-state index contributed by atoms with van der Waals surface area (Å²) in [6.07, 6.45) is 0. The molecule has 0 amide bonds. The third-order valence-electron chi connectivity index (χ3n) is 12.5. The van der Waals surface area contributed by atoms with Crippen LogP contribution in [0, 0.1) is 0 Å². The van der Waals surface area contributed by atoms with Gasteiger partial charge >= 0.3 is 0 Å². The summed E-state index contributed by atoms with van der Waals surface area (Å²) in [7, 11) is 0. The second-order valence-electron chi connectivity index (χ2n) is 16.7. The van der Waals surface area contributed by atoms with E-state index in [0.717, 1.165) is 60.9 Å². The number of rotatable bonds is 7. The molecule has 0 bridgehead atoms. The first-order valence-corrected chi connectivity index (χ1v) is 21.5. The molecule has 7 heteroatoms. The zero-order chi connectivity index (χ0) is 42.8. The molecule has 0 saturated carbocycles. The molecule has 0 saturated heterocycles. The van der Waals surface area contributed by atoms with Crippen LogP contribution in [-0.4, -0.2) is 34.5 Å². The highest BCUT2D eigenvalue weighted by Gasteiger charge is 2.35. The van der Waals surface area contributed by atoms with E-state index in [0.29, 0.717) is 34.9 Å². The van der Waals surface area contributed by atoms with Gasteiger partial charge in [-0.1, -0.05) is 178 Å². The van der Waals surface area contributed by atoms with E-state index in [9.17, 15) is 0 Å². The Morgan fingerprint density at radius 2 is 0.703 bits per heavy atom. The smallest absolute Gasteiger partial charge is 0.166 e. The number of nitrogens with zero attached hydrogens (tertiary/aromatic N) is 7. The molecule has 64 heavy (non-hydrogen) atoms. The van der Waals surface area contributed by atoms with Gasteiger partial charge in [0.15, 0.2) is 34.9 Å². The first-order chi connectivity index (χ1) is 31.5. The molecule has 3 heterocycles. The van der Waals surface area contributed by atoms with Gasteiger partial charge in [0.05, 0.1) is 16.7 Å². The third-order valence-corrected chi connectivity index (χ3v) is 12.5. The quantitative estimate of drug-likeness (QED) is 0.159. The Morgan fingerprint density at radius 3 is 1.23 bits per heavy atom. The average molecular weight is 822 g/mol. The minimum atomic E-state index is -0.128. The molecule has 7 nitrogen and oxygen atoms in total. The number of hydrogen-bond acceptors (Lipinski definition) is 6. The molecule has 0 N–H and O–H groups in total. The minimum absolute atomic E-state index is 0.128. The summed E-state index contributed by atoms with van der Waals surface area (Å²) in [5.74, 6) is 3.42. The van der Waals surface area contributed by atoms with E-state index >= 15 is 0 Å². The van der Waals surface area contributed by atoms with Gasteiger partial charge in [0.1, 0.15) is 0 Å². The molecule has 3 aromatic heterocycles. The standard InChI is InChI=1S/C57H39N7/c1-57(2)46-27-15-12-24-41(46)44-34-39(30-32-47(44)57)55-61-53(38-22-10-5-11-23-38)62-56(63-55)45-35-40(31-33-50(45)64-48-28-16-13-25-42(48)43-26-14-17-29-49(43)64)54-59-51(36-18-6-3-7-19-36)58-52(60-54)37-20-8-4-9-21-37/h3-35H,1-2H3. The molecule has 0 aliphatic heterocycles. The van der Waals surface area contributed by atoms with Crippen molar-refractivity contribution in [3.8, 4) is 85.1 Å². The molecule has 302 valence electrons. The summed E-state index contributed by atoms with van der Waals surface area (Å²) >= 11 is 0. The fraction of sp³-hybridized carbons (Fsp3) is 0.0526. The van der Waals surface area contributed by atoms with Crippen LogP contribution < -0.4 is 0 Å². The molecule has 11 aromatic rings. The maximum atomic E-state index is 5.42. The Labute approximate surface area is 370 Å². The Morgan fingerprint density at radius 1 is 0.312 bits per heavy atom. The lowest BCUT2D eigenvalue weighted by Gasteiger charge is -2.21. The fourth-order valence-electron chi connectivity index (χ4n) is 9.37. The Bertz CT molecular complexity index is 3470. The highest BCUT2D eigenvalue weighted by atomic mass is 15.1. The fourth-order valence-corrected chi connectivity index (χ4v) is 9.37. The molecular weight excluding hydrogens is 783 g/mol. The summed E-state index contributed by atoms with van der Waals surface area (Å²) in [6.45, 7) is 4.60. The van der Waals surface area contributed by atoms with Gasteiger partial charge in [-0.05, 0) is 58.7 Å². The summed E-state index contributed by atoms with van der Waals surface area (Å²) in [4.78, 5) is 31.2. The monoisotopic (exact) mass is 821 g/mol. The van der Waals surface area contributed by atoms with Gasteiger partial charge in [0.2, 0.25) is 0 Å². The van der Waals surface area contributed by atoms with Crippen LogP contribution in [0.25, 0.3) is 107 Å². The van der Waals surface area contributed by atoms with E-state index in [1.54, 1.807) is 0 Å². The zero-order valence-corrected chi connectivity index (χ0v) is 35.2. The second kappa shape index (κ2) is 14.9. The second-order valence-corrected chi connectivity index (χ2v) is 16.7.